The highest BCUT2D eigenvalue weighted by Gasteiger charge is 2.30. The van der Waals surface area contributed by atoms with E-state index < -0.39 is 17.6 Å². The summed E-state index contributed by atoms with van der Waals surface area (Å²) in [5, 5.41) is 7.58. The SMILES string of the molecule is COc1ccc2cc(CNC(=O)c3ccc(C(F)(F)F)cc3)c(-c3ccsc3)nc2c1. The Balaban J connectivity index is 1.61. The van der Waals surface area contributed by atoms with Gasteiger partial charge in [-0.1, -0.05) is 0 Å². The van der Waals surface area contributed by atoms with E-state index in [9.17, 15) is 18.0 Å². The van der Waals surface area contributed by atoms with Gasteiger partial charge >= 0.3 is 6.18 Å². The Bertz CT molecular complexity index is 1220. The van der Waals surface area contributed by atoms with E-state index in [1.807, 2.05) is 41.1 Å². The minimum absolute atomic E-state index is 0.156. The van der Waals surface area contributed by atoms with Crippen LogP contribution in [0.4, 0.5) is 13.2 Å². The molecule has 158 valence electrons. The van der Waals surface area contributed by atoms with Crippen LogP contribution in [0.3, 0.4) is 0 Å². The van der Waals surface area contributed by atoms with Crippen LogP contribution in [0.15, 0.2) is 65.4 Å². The number of nitrogens with one attached hydrogen (secondary N) is 1. The van der Waals surface area contributed by atoms with Crippen LogP contribution in [0, 0.1) is 0 Å². The van der Waals surface area contributed by atoms with Crippen LogP contribution in [0.5, 0.6) is 5.75 Å². The van der Waals surface area contributed by atoms with Gasteiger partial charge in [0, 0.05) is 34.5 Å². The maximum atomic E-state index is 12.7. The Morgan fingerprint density at radius 1 is 1.10 bits per heavy atom. The van der Waals surface area contributed by atoms with Crippen molar-refractivity contribution in [1.29, 1.82) is 0 Å². The molecule has 4 rings (SSSR count). The number of carbonyl (C=O) groups excluding carboxylic acids is 1. The Kier molecular flexibility index (Phi) is 5.65. The first kappa shape index (κ1) is 20.9. The molecule has 2 heterocycles. The Morgan fingerprint density at radius 3 is 2.52 bits per heavy atom. The molecule has 1 N–H and O–H groups in total. The fourth-order valence-corrected chi connectivity index (χ4v) is 3.83. The molecule has 0 unspecified atom stereocenters. The first-order valence-electron chi connectivity index (χ1n) is 9.31. The average molecular weight is 442 g/mol. The van der Waals surface area contributed by atoms with Crippen LogP contribution in [0.25, 0.3) is 22.2 Å². The highest BCUT2D eigenvalue weighted by Crippen LogP contribution is 2.30. The third kappa shape index (κ3) is 4.54. The highest BCUT2D eigenvalue weighted by molar-refractivity contribution is 7.08. The molecule has 0 aliphatic rings. The van der Waals surface area contributed by atoms with Crippen molar-refractivity contribution in [3.63, 3.8) is 0 Å². The van der Waals surface area contributed by atoms with Gasteiger partial charge in [0.15, 0.2) is 0 Å². The van der Waals surface area contributed by atoms with Crippen molar-refractivity contribution < 1.29 is 22.7 Å². The lowest BCUT2D eigenvalue weighted by Gasteiger charge is -2.12. The largest absolute Gasteiger partial charge is 0.497 e. The molecule has 1 amide bonds. The van der Waals surface area contributed by atoms with E-state index in [0.29, 0.717) is 5.75 Å². The van der Waals surface area contributed by atoms with Gasteiger partial charge in [-0.25, -0.2) is 4.98 Å². The summed E-state index contributed by atoms with van der Waals surface area (Å²) in [7, 11) is 1.59. The molecule has 0 radical (unpaired) electrons. The van der Waals surface area contributed by atoms with Crippen molar-refractivity contribution in [2.45, 2.75) is 12.7 Å². The molecule has 8 heteroatoms. The summed E-state index contributed by atoms with van der Waals surface area (Å²) in [4.78, 5) is 17.3. The molecule has 2 aromatic carbocycles. The number of alkyl halides is 3. The molecule has 4 aromatic rings. The lowest BCUT2D eigenvalue weighted by atomic mass is 10.0. The minimum Gasteiger partial charge on any atom is -0.497 e. The van der Waals surface area contributed by atoms with Crippen LogP contribution in [0.1, 0.15) is 21.5 Å². The number of hydrogen-bond donors (Lipinski definition) is 1. The number of carbonyl (C=O) groups is 1. The first-order chi connectivity index (χ1) is 14.8. The topological polar surface area (TPSA) is 51.2 Å². The zero-order valence-corrected chi connectivity index (χ0v) is 17.2. The van der Waals surface area contributed by atoms with E-state index in [1.54, 1.807) is 7.11 Å². The summed E-state index contributed by atoms with van der Waals surface area (Å²) in [5.74, 6) is 0.236. The van der Waals surface area contributed by atoms with Crippen molar-refractivity contribution in [3.05, 3.63) is 82.0 Å². The quantitative estimate of drug-likeness (QED) is 0.417. The molecule has 0 spiro atoms. The second-order valence-electron chi connectivity index (χ2n) is 6.82. The number of benzene rings is 2. The summed E-state index contributed by atoms with van der Waals surface area (Å²) in [6, 6.07) is 13.6. The summed E-state index contributed by atoms with van der Waals surface area (Å²) in [5.41, 5.74) is 2.58. The normalized spacial score (nSPS) is 11.5. The molecule has 2 aromatic heterocycles. The van der Waals surface area contributed by atoms with Crippen molar-refractivity contribution in [2.75, 3.05) is 7.11 Å². The van der Waals surface area contributed by atoms with Crippen molar-refractivity contribution in [3.8, 4) is 17.0 Å². The third-order valence-corrected chi connectivity index (χ3v) is 5.50. The fraction of sp³-hybridized carbons (Fsp3) is 0.130. The predicted octanol–water partition coefficient (Wildman–Crippen LogP) is 5.92. The molecule has 0 aliphatic heterocycles. The van der Waals surface area contributed by atoms with Crippen molar-refractivity contribution >= 4 is 28.1 Å². The number of halogens is 3. The molecule has 0 atom stereocenters. The maximum absolute atomic E-state index is 12.7. The van der Waals surface area contributed by atoms with Gasteiger partial charge in [-0.15, -0.1) is 0 Å². The molecule has 0 bridgehead atoms. The van der Waals surface area contributed by atoms with Gasteiger partial charge in [-0.3, -0.25) is 4.79 Å². The second-order valence-corrected chi connectivity index (χ2v) is 7.60. The zero-order valence-electron chi connectivity index (χ0n) is 16.4. The van der Waals surface area contributed by atoms with Gasteiger partial charge in [0.1, 0.15) is 5.75 Å². The Hall–Kier alpha value is -3.39. The Labute approximate surface area is 180 Å². The molecule has 4 nitrogen and oxygen atoms in total. The monoisotopic (exact) mass is 442 g/mol. The summed E-state index contributed by atoms with van der Waals surface area (Å²) < 4.78 is 43.5. The molecular formula is C23H17F3N2O2S. The molecule has 31 heavy (non-hydrogen) atoms. The number of pyridine rings is 1. The van der Waals surface area contributed by atoms with E-state index in [4.69, 9.17) is 9.72 Å². The van der Waals surface area contributed by atoms with E-state index in [0.717, 1.165) is 39.9 Å². The van der Waals surface area contributed by atoms with Gasteiger partial charge in [0.05, 0.1) is 23.9 Å². The van der Waals surface area contributed by atoms with Crippen molar-refractivity contribution in [1.82, 2.24) is 10.3 Å². The molecule has 0 saturated heterocycles. The molecular weight excluding hydrogens is 425 g/mol. The third-order valence-electron chi connectivity index (χ3n) is 4.81. The van der Waals surface area contributed by atoms with Gasteiger partial charge in [-0.2, -0.15) is 24.5 Å². The lowest BCUT2D eigenvalue weighted by molar-refractivity contribution is -0.137. The summed E-state index contributed by atoms with van der Waals surface area (Å²) in [6.07, 6.45) is -4.44. The van der Waals surface area contributed by atoms with Crippen LogP contribution < -0.4 is 10.1 Å². The van der Waals surface area contributed by atoms with Crippen LogP contribution in [0.2, 0.25) is 0 Å². The minimum atomic E-state index is -4.44. The highest BCUT2D eigenvalue weighted by atomic mass is 32.1. The Morgan fingerprint density at radius 2 is 1.87 bits per heavy atom. The predicted molar refractivity (Wildman–Crippen MR) is 114 cm³/mol. The van der Waals surface area contributed by atoms with E-state index in [-0.39, 0.29) is 12.1 Å². The van der Waals surface area contributed by atoms with Crippen LogP contribution >= 0.6 is 11.3 Å². The maximum Gasteiger partial charge on any atom is 0.416 e. The van der Waals surface area contributed by atoms with E-state index >= 15 is 0 Å². The number of aromatic nitrogens is 1. The number of ether oxygens (including phenoxy) is 1. The molecule has 0 aliphatic carbocycles. The number of hydrogen-bond acceptors (Lipinski definition) is 4. The zero-order chi connectivity index (χ0) is 22.0. The number of fused-ring (bicyclic) bond motifs is 1. The van der Waals surface area contributed by atoms with Gasteiger partial charge in [-0.05, 0) is 59.5 Å². The lowest BCUT2D eigenvalue weighted by Crippen LogP contribution is -2.23. The van der Waals surface area contributed by atoms with Crippen LogP contribution in [-0.2, 0) is 12.7 Å². The standard InChI is InChI=1S/C23H17F3N2O2S/c1-30-19-7-4-15-10-17(21(28-20(15)11-19)16-8-9-31-13-16)12-27-22(29)14-2-5-18(6-3-14)23(24,25)26/h2-11,13H,12H2,1H3,(H,27,29). The number of amides is 1. The van der Waals surface area contributed by atoms with Gasteiger partial charge in [0.2, 0.25) is 0 Å². The number of methoxy groups -OCH3 is 1. The van der Waals surface area contributed by atoms with Crippen molar-refractivity contribution in [2.24, 2.45) is 0 Å². The van der Waals surface area contributed by atoms with Gasteiger partial charge < -0.3 is 10.1 Å². The molecule has 0 fully saturated rings. The first-order valence-corrected chi connectivity index (χ1v) is 10.2. The number of thiophene rings is 1. The summed E-state index contributed by atoms with van der Waals surface area (Å²) >= 11 is 1.54. The van der Waals surface area contributed by atoms with E-state index in [1.165, 1.54) is 23.5 Å². The smallest absolute Gasteiger partial charge is 0.416 e. The molecule has 0 saturated carbocycles. The summed E-state index contributed by atoms with van der Waals surface area (Å²) in [6.45, 7) is 0.181. The number of nitrogens with zero attached hydrogens (tertiary/aromatic N) is 1. The van der Waals surface area contributed by atoms with E-state index in [2.05, 4.69) is 5.32 Å². The average Bonchev–Trinajstić information content (AvgIpc) is 3.30. The number of rotatable bonds is 5. The second kappa shape index (κ2) is 8.39. The van der Waals surface area contributed by atoms with Crippen LogP contribution in [-0.4, -0.2) is 18.0 Å². The fourth-order valence-electron chi connectivity index (χ4n) is 3.19. The van der Waals surface area contributed by atoms with Gasteiger partial charge in [0.25, 0.3) is 5.91 Å².